The van der Waals surface area contributed by atoms with E-state index in [0.717, 1.165) is 15.6 Å². The van der Waals surface area contributed by atoms with Gasteiger partial charge >= 0.3 is 0 Å². The van der Waals surface area contributed by atoms with Gasteiger partial charge in [0.1, 0.15) is 0 Å². The van der Waals surface area contributed by atoms with Crippen LogP contribution >= 0.6 is 15.9 Å². The van der Waals surface area contributed by atoms with Crippen molar-refractivity contribution in [1.29, 1.82) is 0 Å². The largest absolute Gasteiger partial charge is 0.384 e. The van der Waals surface area contributed by atoms with Gasteiger partial charge in [-0.2, -0.15) is 0 Å². The summed E-state index contributed by atoms with van der Waals surface area (Å²) in [7, 11) is 0. The Balaban J connectivity index is 1.89. The van der Waals surface area contributed by atoms with Crippen molar-refractivity contribution in [1.82, 2.24) is 0 Å². The van der Waals surface area contributed by atoms with Gasteiger partial charge in [0.25, 0.3) is 0 Å². The maximum Gasteiger partial charge on any atom is 0.0975 e. The topological polar surface area (TPSA) is 20.2 Å². The molecule has 0 aliphatic carbocycles. The van der Waals surface area contributed by atoms with Gasteiger partial charge in [0.2, 0.25) is 0 Å². The van der Waals surface area contributed by atoms with Crippen LogP contribution in [0.15, 0.2) is 77.3 Å². The summed E-state index contributed by atoms with van der Waals surface area (Å²) in [6.07, 6.45) is 3.21. The Labute approximate surface area is 132 Å². The van der Waals surface area contributed by atoms with E-state index in [1.807, 2.05) is 54.6 Å². The summed E-state index contributed by atoms with van der Waals surface area (Å²) in [6, 6.07) is 22.2. The Hall–Kier alpha value is -1.90. The number of benzene rings is 3. The van der Waals surface area contributed by atoms with Gasteiger partial charge in [0, 0.05) is 4.47 Å². The summed E-state index contributed by atoms with van der Waals surface area (Å²) >= 11 is 3.40. The second-order valence-corrected chi connectivity index (χ2v) is 5.84. The van der Waals surface area contributed by atoms with Crippen LogP contribution < -0.4 is 0 Å². The zero-order chi connectivity index (χ0) is 14.7. The minimum Gasteiger partial charge on any atom is -0.384 e. The minimum absolute atomic E-state index is 0.600. The van der Waals surface area contributed by atoms with E-state index >= 15 is 0 Å². The van der Waals surface area contributed by atoms with Gasteiger partial charge in [0.15, 0.2) is 0 Å². The molecule has 3 aromatic carbocycles. The summed E-state index contributed by atoms with van der Waals surface area (Å²) in [5, 5.41) is 12.6. The van der Waals surface area contributed by atoms with Crippen molar-refractivity contribution >= 4 is 32.8 Å². The molecule has 0 aliphatic rings. The van der Waals surface area contributed by atoms with Crippen LogP contribution in [0.2, 0.25) is 0 Å². The van der Waals surface area contributed by atoms with Crippen molar-refractivity contribution in [3.8, 4) is 0 Å². The number of hydrogen-bond acceptors (Lipinski definition) is 1. The van der Waals surface area contributed by atoms with E-state index in [2.05, 4.69) is 40.2 Å². The number of aliphatic hydroxyl groups is 1. The quantitative estimate of drug-likeness (QED) is 0.682. The van der Waals surface area contributed by atoms with E-state index in [9.17, 15) is 5.11 Å². The highest BCUT2D eigenvalue weighted by atomic mass is 79.9. The highest BCUT2D eigenvalue weighted by Crippen LogP contribution is 2.22. The van der Waals surface area contributed by atoms with Gasteiger partial charge < -0.3 is 5.11 Å². The van der Waals surface area contributed by atoms with Crippen molar-refractivity contribution in [3.63, 3.8) is 0 Å². The summed E-state index contributed by atoms with van der Waals surface area (Å²) in [6.45, 7) is 0. The first-order valence-electron chi connectivity index (χ1n) is 6.83. The smallest absolute Gasteiger partial charge is 0.0975 e. The summed E-state index contributed by atoms with van der Waals surface area (Å²) in [4.78, 5) is 0. The Morgan fingerprint density at radius 3 is 2.38 bits per heavy atom. The van der Waals surface area contributed by atoms with Gasteiger partial charge in [-0.25, -0.2) is 0 Å². The molecule has 3 rings (SSSR count). The molecule has 0 saturated heterocycles. The summed E-state index contributed by atoms with van der Waals surface area (Å²) in [5.41, 5.74) is 2.00. The standard InChI is InChI=1S/C19H15BrO/c20-17-11-8-16(9-12-17)19(21)13-10-15-6-3-5-14-4-1-2-7-18(14)15/h1-13,19,21H/b13-10+. The molecule has 0 fully saturated rings. The van der Waals surface area contributed by atoms with Crippen molar-refractivity contribution in [2.24, 2.45) is 0 Å². The molecule has 0 spiro atoms. The van der Waals surface area contributed by atoms with Gasteiger partial charge in [-0.05, 0) is 34.0 Å². The van der Waals surface area contributed by atoms with Crippen LogP contribution in [0, 0.1) is 0 Å². The molecule has 2 heteroatoms. The lowest BCUT2D eigenvalue weighted by Gasteiger charge is -2.07. The number of halogens is 1. The molecule has 1 nitrogen and oxygen atoms in total. The molecule has 0 amide bonds. The normalized spacial score (nSPS) is 12.9. The van der Waals surface area contributed by atoms with E-state index in [4.69, 9.17) is 0 Å². The minimum atomic E-state index is -0.600. The van der Waals surface area contributed by atoms with Crippen LogP contribution in [0.3, 0.4) is 0 Å². The number of fused-ring (bicyclic) bond motifs is 1. The fraction of sp³-hybridized carbons (Fsp3) is 0.0526. The zero-order valence-corrected chi connectivity index (χ0v) is 13.0. The van der Waals surface area contributed by atoms with Crippen LogP contribution in [0.1, 0.15) is 17.2 Å². The van der Waals surface area contributed by atoms with Gasteiger partial charge in [-0.1, -0.05) is 82.7 Å². The number of rotatable bonds is 3. The first-order chi connectivity index (χ1) is 10.2. The third-order valence-corrected chi connectivity index (χ3v) is 4.02. The molecule has 1 unspecified atom stereocenters. The van der Waals surface area contributed by atoms with Gasteiger partial charge in [-0.3, -0.25) is 0 Å². The Morgan fingerprint density at radius 1 is 0.857 bits per heavy atom. The first-order valence-corrected chi connectivity index (χ1v) is 7.63. The van der Waals surface area contributed by atoms with Crippen LogP contribution in [-0.4, -0.2) is 5.11 Å². The Morgan fingerprint density at radius 2 is 1.57 bits per heavy atom. The zero-order valence-electron chi connectivity index (χ0n) is 11.4. The van der Waals surface area contributed by atoms with E-state index < -0.39 is 6.10 Å². The lowest BCUT2D eigenvalue weighted by molar-refractivity contribution is 0.229. The van der Waals surface area contributed by atoms with E-state index in [1.54, 1.807) is 0 Å². The SMILES string of the molecule is OC(/C=C/c1cccc2ccccc12)c1ccc(Br)cc1. The second-order valence-electron chi connectivity index (χ2n) is 4.92. The van der Waals surface area contributed by atoms with Crippen LogP contribution in [0.5, 0.6) is 0 Å². The fourth-order valence-electron chi connectivity index (χ4n) is 2.36. The van der Waals surface area contributed by atoms with E-state index in [0.29, 0.717) is 0 Å². The molecule has 0 saturated carbocycles. The molecule has 1 atom stereocenters. The molecular formula is C19H15BrO. The third kappa shape index (κ3) is 3.23. The molecule has 0 aliphatic heterocycles. The number of hydrogen-bond donors (Lipinski definition) is 1. The molecule has 21 heavy (non-hydrogen) atoms. The van der Waals surface area contributed by atoms with Gasteiger partial charge in [0.05, 0.1) is 6.10 Å². The molecule has 104 valence electrons. The molecular weight excluding hydrogens is 324 g/mol. The fourth-order valence-corrected chi connectivity index (χ4v) is 2.63. The Kier molecular flexibility index (Phi) is 4.18. The molecule has 0 bridgehead atoms. The molecule has 0 heterocycles. The highest BCUT2D eigenvalue weighted by molar-refractivity contribution is 9.10. The predicted molar refractivity (Wildman–Crippen MR) is 92.1 cm³/mol. The maximum absolute atomic E-state index is 10.2. The van der Waals surface area contributed by atoms with Crippen molar-refractivity contribution in [3.05, 3.63) is 88.4 Å². The second kappa shape index (κ2) is 6.25. The van der Waals surface area contributed by atoms with Crippen molar-refractivity contribution in [2.45, 2.75) is 6.10 Å². The Bertz CT molecular complexity index is 770. The average molecular weight is 339 g/mol. The third-order valence-electron chi connectivity index (χ3n) is 3.49. The first kappa shape index (κ1) is 14.1. The molecule has 0 aromatic heterocycles. The summed E-state index contributed by atoms with van der Waals surface area (Å²) < 4.78 is 1.01. The molecule has 0 radical (unpaired) electrons. The van der Waals surface area contributed by atoms with Gasteiger partial charge in [-0.15, -0.1) is 0 Å². The lowest BCUT2D eigenvalue weighted by atomic mass is 10.0. The maximum atomic E-state index is 10.2. The highest BCUT2D eigenvalue weighted by Gasteiger charge is 2.03. The van der Waals surface area contributed by atoms with E-state index in [-0.39, 0.29) is 0 Å². The summed E-state index contributed by atoms with van der Waals surface area (Å²) in [5.74, 6) is 0. The van der Waals surface area contributed by atoms with Crippen LogP contribution in [0.25, 0.3) is 16.8 Å². The van der Waals surface area contributed by atoms with Crippen LogP contribution in [-0.2, 0) is 0 Å². The monoisotopic (exact) mass is 338 g/mol. The lowest BCUT2D eigenvalue weighted by Crippen LogP contribution is -1.92. The van der Waals surface area contributed by atoms with Crippen molar-refractivity contribution < 1.29 is 5.11 Å². The van der Waals surface area contributed by atoms with Crippen molar-refractivity contribution in [2.75, 3.05) is 0 Å². The predicted octanol–water partition coefficient (Wildman–Crippen LogP) is 5.35. The van der Waals surface area contributed by atoms with E-state index in [1.165, 1.54) is 10.8 Å². The molecule has 3 aromatic rings. The molecule has 1 N–H and O–H groups in total. The van der Waals surface area contributed by atoms with Crippen LogP contribution in [0.4, 0.5) is 0 Å². The number of aliphatic hydroxyl groups excluding tert-OH is 1. The average Bonchev–Trinajstić information content (AvgIpc) is 2.53.